The van der Waals surface area contributed by atoms with Crippen LogP contribution in [0.2, 0.25) is 0 Å². The molecule has 0 rings (SSSR count). The summed E-state index contributed by atoms with van der Waals surface area (Å²) in [5, 5.41) is 4.78. The van der Waals surface area contributed by atoms with Crippen LogP contribution in [0.1, 0.15) is 0 Å². The second kappa shape index (κ2) is 6.36. The van der Waals surface area contributed by atoms with Gasteiger partial charge in [0.25, 0.3) is 0 Å². The minimum atomic E-state index is -0.293. The van der Waals surface area contributed by atoms with Crippen molar-refractivity contribution in [3.05, 3.63) is 0 Å². The van der Waals surface area contributed by atoms with E-state index < -0.39 is 0 Å². The Bertz CT molecular complexity index is 164. The third-order valence-electron chi connectivity index (χ3n) is 0.833. The molecule has 0 aliphatic heterocycles. The quantitative estimate of drug-likeness (QED) is 0.328. The highest BCUT2D eigenvalue weighted by Crippen LogP contribution is 1.73. The van der Waals surface area contributed by atoms with Gasteiger partial charge < -0.3 is 10.6 Å². The second-order valence-electron chi connectivity index (χ2n) is 1.67. The summed E-state index contributed by atoms with van der Waals surface area (Å²) in [6.45, 7) is 0.0544. The zero-order chi connectivity index (χ0) is 10.1. The first-order valence-electron chi connectivity index (χ1n) is 3.72. The Labute approximate surface area is 78.1 Å². The highest BCUT2D eigenvalue weighted by Gasteiger charge is 1.97. The Morgan fingerprint density at radius 1 is 1.18 bits per heavy atom. The molecule has 0 saturated heterocycles. The standard InChI is InChI=1S/C5H10N2O2S2/c8-4(1-10)6-3-7-5(9)2-11/h10-11H,1-3H2,(H,6,8)(H,7,9)/i/hT2. The van der Waals surface area contributed by atoms with Gasteiger partial charge in [-0.15, -0.1) is 0 Å². The Kier molecular flexibility index (Phi) is 4.22. The molecule has 64 valence electrons. The average Bonchev–Trinajstić information content (AvgIpc) is 2.05. The maximum atomic E-state index is 10.7. The molecule has 0 aromatic rings. The van der Waals surface area contributed by atoms with E-state index in [2.05, 4.69) is 10.6 Å². The summed E-state index contributed by atoms with van der Waals surface area (Å²) in [5.74, 6) is -0.468. The molecule has 0 aliphatic rings. The first-order valence-corrected chi connectivity index (χ1v) is 4.05. The summed E-state index contributed by atoms with van der Waals surface area (Å²) in [6.07, 6.45) is 0. The molecule has 0 aromatic heterocycles. The summed E-state index contributed by atoms with van der Waals surface area (Å²) < 4.78 is 13.3. The Hall–Kier alpha value is -0.360. The van der Waals surface area contributed by atoms with Crippen LogP contribution in [-0.4, -0.2) is 32.2 Å². The normalized spacial score (nSPS) is 11.3. The third kappa shape index (κ3) is 6.05. The van der Waals surface area contributed by atoms with Crippen LogP contribution in [0.5, 0.6) is 0 Å². The van der Waals surface area contributed by atoms with E-state index in [1.807, 2.05) is 0 Å². The Morgan fingerprint density at radius 2 is 1.64 bits per heavy atom. The molecule has 2 amide bonds. The van der Waals surface area contributed by atoms with E-state index in [1.54, 1.807) is 0 Å². The fourth-order valence-electron chi connectivity index (χ4n) is 0.343. The van der Waals surface area contributed by atoms with Crippen LogP contribution >= 0.6 is 25.1 Å². The lowest BCUT2D eigenvalue weighted by Crippen LogP contribution is -2.38. The smallest absolute Gasteiger partial charge is 0.231 e. The molecule has 0 saturated carbocycles. The summed E-state index contributed by atoms with van der Waals surface area (Å²) >= 11 is 1.34. The van der Waals surface area contributed by atoms with E-state index in [1.165, 1.54) is 0 Å². The topological polar surface area (TPSA) is 58.2 Å². The SMILES string of the molecule is [3H]SCC(=O)NCNC(=O)CS[3H]. The molecular weight excluding hydrogens is 184 g/mol. The van der Waals surface area contributed by atoms with Crippen LogP contribution in [0, 0.1) is 0 Å². The van der Waals surface area contributed by atoms with Gasteiger partial charge in [0, 0.05) is 0 Å². The summed E-state index contributed by atoms with van der Waals surface area (Å²) in [6, 6.07) is 0. The molecule has 0 spiro atoms. The lowest BCUT2D eigenvalue weighted by atomic mass is 10.6. The molecule has 0 bridgehead atoms. The molecule has 0 radical (unpaired) electrons. The monoisotopic (exact) mass is 198 g/mol. The van der Waals surface area contributed by atoms with Crippen molar-refractivity contribution in [3.8, 4) is 0 Å². The average molecular weight is 198 g/mol. The maximum absolute atomic E-state index is 10.7. The van der Waals surface area contributed by atoms with Gasteiger partial charge in [0.05, 0.1) is 18.2 Å². The van der Waals surface area contributed by atoms with Gasteiger partial charge in [0.1, 0.15) is 2.25 Å². The van der Waals surface area contributed by atoms with E-state index in [9.17, 15) is 9.59 Å². The van der Waals surface area contributed by atoms with Crippen molar-refractivity contribution in [2.24, 2.45) is 0 Å². The van der Waals surface area contributed by atoms with Crippen LogP contribution in [0.4, 0.5) is 0 Å². The minimum absolute atomic E-state index is 0.0544. The zero-order valence-electron chi connectivity index (χ0n) is 7.75. The molecule has 0 aromatic carbocycles. The van der Waals surface area contributed by atoms with Gasteiger partial charge in [0.15, 0.2) is 0 Å². The van der Waals surface area contributed by atoms with E-state index in [-0.39, 0.29) is 30.0 Å². The largest absolute Gasteiger partial charge is 0.338 e. The van der Waals surface area contributed by atoms with Gasteiger partial charge in [-0.05, 0) is 0 Å². The summed E-state index contributed by atoms with van der Waals surface area (Å²) in [7, 11) is 0. The molecule has 0 fully saturated rings. The number of hydrogen-bond acceptors (Lipinski definition) is 4. The first-order chi connectivity index (χ1) is 6.20. The van der Waals surface area contributed by atoms with E-state index in [0.717, 1.165) is 0 Å². The van der Waals surface area contributed by atoms with Crippen LogP contribution < -0.4 is 10.6 Å². The minimum Gasteiger partial charge on any atom is -0.338 e. The maximum Gasteiger partial charge on any atom is 0.231 e. The molecule has 0 atom stereocenters. The molecular formula is C5H10N2O2S2. The highest BCUT2D eigenvalue weighted by atomic mass is 32.1. The predicted molar refractivity (Wildman–Crippen MR) is 48.9 cm³/mol. The van der Waals surface area contributed by atoms with Gasteiger partial charge in [-0.25, -0.2) is 0 Å². The van der Waals surface area contributed by atoms with Crippen LogP contribution in [0.15, 0.2) is 0 Å². The zero-order valence-corrected chi connectivity index (χ0v) is 7.39. The number of hydrogen-bond donors (Lipinski definition) is 4. The van der Waals surface area contributed by atoms with Crippen molar-refractivity contribution in [3.63, 3.8) is 0 Å². The number of rotatable bonds is 6. The van der Waals surface area contributed by atoms with E-state index in [4.69, 9.17) is 2.25 Å². The number of amides is 2. The number of carbonyl (C=O) groups is 2. The van der Waals surface area contributed by atoms with Gasteiger partial charge in [-0.3, -0.25) is 9.59 Å². The third-order valence-corrected chi connectivity index (χ3v) is 1.36. The van der Waals surface area contributed by atoms with Crippen molar-refractivity contribution in [1.82, 2.24) is 10.6 Å². The molecule has 0 heterocycles. The summed E-state index contributed by atoms with van der Waals surface area (Å²) in [4.78, 5) is 21.5. The van der Waals surface area contributed by atoms with Gasteiger partial charge in [0.2, 0.25) is 11.8 Å². The van der Waals surface area contributed by atoms with Crippen LogP contribution in [-0.2, 0) is 9.59 Å². The number of thiol groups is 2. The fraction of sp³-hybridized carbons (Fsp3) is 0.600. The highest BCUT2D eigenvalue weighted by molar-refractivity contribution is 7.81. The van der Waals surface area contributed by atoms with Crippen LogP contribution in [0.25, 0.3) is 0 Å². The number of carbonyl (C=O) groups excluding carboxylic acids is 2. The van der Waals surface area contributed by atoms with Crippen LogP contribution in [0.3, 0.4) is 0 Å². The lowest BCUT2D eigenvalue weighted by molar-refractivity contribution is -0.120. The van der Waals surface area contributed by atoms with Crippen molar-refractivity contribution >= 4 is 36.9 Å². The van der Waals surface area contributed by atoms with Crippen molar-refractivity contribution in [2.75, 3.05) is 18.2 Å². The van der Waals surface area contributed by atoms with Crippen molar-refractivity contribution in [2.45, 2.75) is 0 Å². The molecule has 11 heavy (non-hydrogen) atoms. The lowest BCUT2D eigenvalue weighted by Gasteiger charge is -2.03. The first kappa shape index (κ1) is 7.30. The van der Waals surface area contributed by atoms with Crippen molar-refractivity contribution < 1.29 is 9.59 Å². The fourth-order valence-corrected chi connectivity index (χ4v) is 0.548. The molecule has 0 aliphatic carbocycles. The van der Waals surface area contributed by atoms with Gasteiger partial charge >= 0.3 is 0 Å². The van der Waals surface area contributed by atoms with Gasteiger partial charge in [-0.2, -0.15) is 25.1 Å². The molecule has 6 heteroatoms. The Morgan fingerprint density at radius 3 is 2.00 bits per heavy atom. The number of nitrogens with one attached hydrogen (secondary N) is 2. The molecule has 0 unspecified atom stereocenters. The Balaban J connectivity index is 3.33. The van der Waals surface area contributed by atoms with Gasteiger partial charge in [-0.1, -0.05) is 0 Å². The molecule has 4 nitrogen and oxygen atoms in total. The molecule has 2 N–H and O–H groups in total. The van der Waals surface area contributed by atoms with Crippen molar-refractivity contribution in [1.29, 1.82) is 2.25 Å². The second-order valence-corrected chi connectivity index (χ2v) is 2.24. The summed E-state index contributed by atoms with van der Waals surface area (Å²) in [5.41, 5.74) is 0. The predicted octanol–water partition coefficient (Wildman–Crippen LogP) is -0.964. The van der Waals surface area contributed by atoms with E-state index in [0.29, 0.717) is 25.1 Å². The van der Waals surface area contributed by atoms with E-state index >= 15 is 0 Å².